The van der Waals surface area contributed by atoms with Crippen LogP contribution in [0.2, 0.25) is 0 Å². The molecule has 0 aliphatic carbocycles. The second-order valence-corrected chi connectivity index (χ2v) is 5.73. The highest BCUT2D eigenvalue weighted by Gasteiger charge is 2.64. The van der Waals surface area contributed by atoms with E-state index < -0.39 is 72.7 Å². The predicted octanol–water partition coefficient (Wildman–Crippen LogP) is -1.65. The molecule has 0 amide bonds. The summed E-state index contributed by atoms with van der Waals surface area (Å²) in [6.45, 7) is -7.28. The molecular weight excluding hydrogens is 493 g/mol. The first kappa shape index (κ1) is 28.3. The van der Waals surface area contributed by atoms with Crippen LogP contribution in [0.1, 0.15) is 0 Å². The van der Waals surface area contributed by atoms with Gasteiger partial charge in [0.05, 0.1) is 0 Å². The fourth-order valence-corrected chi connectivity index (χ4v) is 1.42. The maximum Gasteiger partial charge on any atom is 0.637 e. The van der Waals surface area contributed by atoms with Gasteiger partial charge >= 0.3 is 17.7 Å². The summed E-state index contributed by atoms with van der Waals surface area (Å²) in [5.74, 6) is -14.3. The number of alkyl halides is 3. The van der Waals surface area contributed by atoms with Crippen LogP contribution in [0.15, 0.2) is 0 Å². The molecule has 21 nitrogen and oxygen atoms in total. The van der Waals surface area contributed by atoms with Crippen molar-refractivity contribution in [2.24, 2.45) is 0 Å². The van der Waals surface area contributed by atoms with E-state index in [9.17, 15) is 73.9 Å². The van der Waals surface area contributed by atoms with Gasteiger partial charge < -0.3 is 14.2 Å². The fourth-order valence-electron chi connectivity index (χ4n) is 1.20. The van der Waals surface area contributed by atoms with Crippen LogP contribution in [0, 0.1) is 60.7 Å². The second kappa shape index (κ2) is 9.61. The minimum absolute atomic E-state index is 2.00. The molecule has 0 rings (SSSR count). The molecule has 32 heavy (non-hydrogen) atoms. The Morgan fingerprint density at radius 2 is 0.688 bits per heavy atom. The third-order valence-electron chi connectivity index (χ3n) is 3.02. The van der Waals surface area contributed by atoms with Crippen molar-refractivity contribution in [2.45, 2.75) is 23.3 Å². The summed E-state index contributed by atoms with van der Waals surface area (Å²) in [5, 5.41) is 63.0. The lowest BCUT2D eigenvalue weighted by Crippen LogP contribution is -2.56. The summed E-state index contributed by atoms with van der Waals surface area (Å²) in [5.41, 5.74) is -3.81. The Hall–Kier alpha value is -3.71. The highest BCUT2D eigenvalue weighted by atomic mass is 28.1. The second-order valence-electron chi connectivity index (χ2n) is 5.12. The maximum atomic E-state index is 13.8. The van der Waals surface area contributed by atoms with E-state index in [1.54, 1.807) is 0 Å². The standard InChI is InChI=1S/C7H6F3N6O15Si/c8-4(11(17)18,12(19)20)1-29-7(32,30-2-5(9,13(21)22)14(23)24)31-3-6(10,15(25)26)16(27)28/h1-3H2. The SMILES string of the molecule is O=[N+]([O-])C(F)(COC([Si])(OCC(F)([N+](=O)[O-])[N+](=O)[O-])OCC(F)([N+](=O)[O-])[N+](=O)[O-])[N+](=O)[O-]. The molecule has 0 heterocycles. The van der Waals surface area contributed by atoms with E-state index in [2.05, 4.69) is 14.2 Å². The Bertz CT molecular complexity index is 683. The monoisotopic (exact) mass is 499 g/mol. The fraction of sp³-hybridized carbons (Fsp3) is 1.00. The molecule has 0 N–H and O–H groups in total. The van der Waals surface area contributed by atoms with E-state index in [1.807, 2.05) is 10.2 Å². The van der Waals surface area contributed by atoms with E-state index in [-0.39, 0.29) is 0 Å². The number of rotatable bonds is 15. The van der Waals surface area contributed by atoms with Gasteiger partial charge in [-0.15, -0.1) is 0 Å². The van der Waals surface area contributed by atoms with Gasteiger partial charge in [0.1, 0.15) is 29.5 Å². The van der Waals surface area contributed by atoms with Crippen molar-refractivity contribution >= 4 is 10.2 Å². The van der Waals surface area contributed by atoms with Gasteiger partial charge in [0.25, 0.3) is 5.60 Å². The van der Waals surface area contributed by atoms with Gasteiger partial charge in [-0.2, -0.15) is 0 Å². The van der Waals surface area contributed by atoms with E-state index in [4.69, 9.17) is 0 Å². The number of hydrogen-bond acceptors (Lipinski definition) is 15. The topological polar surface area (TPSA) is 287 Å². The van der Waals surface area contributed by atoms with Crippen LogP contribution in [0.5, 0.6) is 0 Å². The lowest BCUT2D eigenvalue weighted by Gasteiger charge is -2.29. The lowest BCUT2D eigenvalue weighted by atomic mass is 10.5. The molecule has 25 heteroatoms. The Balaban J connectivity index is 6.00. The Labute approximate surface area is 172 Å². The molecule has 0 saturated heterocycles. The Morgan fingerprint density at radius 3 is 0.812 bits per heavy atom. The summed E-state index contributed by atoms with van der Waals surface area (Å²) in [6.07, 6.45) is 0. The van der Waals surface area contributed by atoms with Crippen LogP contribution in [-0.4, -0.2) is 82.9 Å². The Morgan fingerprint density at radius 1 is 0.531 bits per heavy atom. The van der Waals surface area contributed by atoms with Gasteiger partial charge in [0.15, 0.2) is 10.2 Å². The first-order valence-electron chi connectivity index (χ1n) is 6.89. The number of ether oxygens (including phenoxy) is 3. The highest BCUT2D eigenvalue weighted by Crippen LogP contribution is 2.25. The summed E-state index contributed by atoms with van der Waals surface area (Å²) in [6, 6.07) is 0. The molecule has 0 aromatic heterocycles. The van der Waals surface area contributed by atoms with E-state index in [1.165, 1.54) is 0 Å². The third-order valence-corrected chi connectivity index (χ3v) is 3.45. The van der Waals surface area contributed by atoms with Crippen molar-refractivity contribution in [1.29, 1.82) is 0 Å². The molecule has 0 spiro atoms. The lowest BCUT2D eigenvalue weighted by molar-refractivity contribution is -0.840. The normalized spacial score (nSPS) is 12.8. The number of halogens is 3. The average molecular weight is 499 g/mol. The molecule has 0 aliphatic heterocycles. The van der Waals surface area contributed by atoms with Gasteiger partial charge in [0, 0.05) is 0 Å². The van der Waals surface area contributed by atoms with Gasteiger partial charge in [0.2, 0.25) is 19.8 Å². The van der Waals surface area contributed by atoms with Crippen LogP contribution in [0.3, 0.4) is 0 Å². The van der Waals surface area contributed by atoms with E-state index in [0.29, 0.717) is 0 Å². The van der Waals surface area contributed by atoms with Crippen molar-refractivity contribution in [3.8, 4) is 0 Å². The van der Waals surface area contributed by atoms with Crippen molar-refractivity contribution in [3.63, 3.8) is 0 Å². The largest absolute Gasteiger partial charge is 0.637 e. The van der Waals surface area contributed by atoms with E-state index in [0.717, 1.165) is 0 Å². The zero-order valence-corrected chi connectivity index (χ0v) is 15.6. The molecule has 0 aromatic carbocycles. The van der Waals surface area contributed by atoms with Gasteiger partial charge in [-0.1, -0.05) is 13.2 Å². The highest BCUT2D eigenvalue weighted by molar-refractivity contribution is 6.12. The first-order valence-corrected chi connectivity index (χ1v) is 7.39. The van der Waals surface area contributed by atoms with Crippen LogP contribution < -0.4 is 0 Å². The molecular formula is C7H6F3N6O15Si. The number of hydrogen-bond donors (Lipinski definition) is 0. The van der Waals surface area contributed by atoms with Gasteiger partial charge in [-0.3, -0.25) is 60.7 Å². The zero-order valence-electron chi connectivity index (χ0n) is 14.6. The minimum atomic E-state index is -4.76. The van der Waals surface area contributed by atoms with Gasteiger partial charge in [-0.25, -0.2) is 0 Å². The van der Waals surface area contributed by atoms with Gasteiger partial charge in [-0.05, 0) is 0 Å². The van der Waals surface area contributed by atoms with Crippen LogP contribution in [-0.2, 0) is 14.2 Å². The molecule has 0 unspecified atom stereocenters. The van der Waals surface area contributed by atoms with E-state index >= 15 is 0 Å². The Kier molecular flexibility index (Phi) is 8.50. The zero-order chi connectivity index (χ0) is 25.7. The summed E-state index contributed by atoms with van der Waals surface area (Å²) in [4.78, 5) is 49.7. The summed E-state index contributed by atoms with van der Waals surface area (Å²) >= 11 is 0. The van der Waals surface area contributed by atoms with Crippen molar-refractivity contribution < 1.29 is 56.9 Å². The van der Waals surface area contributed by atoms with Crippen LogP contribution in [0.25, 0.3) is 0 Å². The molecule has 0 bridgehead atoms. The average Bonchev–Trinajstić information content (AvgIpc) is 2.67. The number of nitro groups is 6. The molecule has 0 aromatic rings. The molecule has 3 radical (unpaired) electrons. The van der Waals surface area contributed by atoms with Crippen molar-refractivity contribution in [3.05, 3.63) is 60.7 Å². The smallest absolute Gasteiger partial charge is 0.312 e. The molecule has 0 saturated carbocycles. The summed E-state index contributed by atoms with van der Waals surface area (Å²) in [7, 11) is 2.00. The molecule has 0 atom stereocenters. The molecule has 179 valence electrons. The predicted molar refractivity (Wildman–Crippen MR) is 79.8 cm³/mol. The van der Waals surface area contributed by atoms with Crippen molar-refractivity contribution in [1.82, 2.24) is 0 Å². The molecule has 0 aliphatic rings. The quantitative estimate of drug-likeness (QED) is 0.0801. The van der Waals surface area contributed by atoms with Crippen molar-refractivity contribution in [2.75, 3.05) is 19.8 Å². The number of nitrogens with zero attached hydrogens (tertiary/aromatic N) is 6. The van der Waals surface area contributed by atoms with Crippen LogP contribution >= 0.6 is 0 Å². The summed E-state index contributed by atoms with van der Waals surface area (Å²) < 4.78 is 53.4. The molecule has 0 fully saturated rings. The minimum Gasteiger partial charge on any atom is -0.312 e. The first-order chi connectivity index (χ1) is 14.3. The van der Waals surface area contributed by atoms with Crippen LogP contribution in [0.4, 0.5) is 13.2 Å². The maximum absolute atomic E-state index is 13.8. The third kappa shape index (κ3) is 5.92.